The fraction of sp³-hybridized carbons (Fsp3) is 0.200. The highest BCUT2D eigenvalue weighted by Crippen LogP contribution is 2.50. The summed E-state index contributed by atoms with van der Waals surface area (Å²) in [5.41, 5.74) is 5.14. The molecule has 0 saturated carbocycles. The van der Waals surface area contributed by atoms with Gasteiger partial charge in [0.15, 0.2) is 0 Å². The molecule has 1 aliphatic carbocycles. The topological polar surface area (TPSA) is 58.2 Å². The molecule has 3 aromatic carbocycles. The average molecular weight is 417 g/mol. The summed E-state index contributed by atoms with van der Waals surface area (Å²) >= 11 is 0. The number of sulfonamides is 1. The molecule has 0 aromatic heterocycles. The Morgan fingerprint density at radius 3 is 2.60 bits per heavy atom. The Morgan fingerprint density at radius 2 is 1.80 bits per heavy atom. The fourth-order valence-electron chi connectivity index (χ4n) is 4.65. The predicted octanol–water partition coefficient (Wildman–Crippen LogP) is 5.62. The number of hydrogen-bond donors (Lipinski definition) is 2. The van der Waals surface area contributed by atoms with Gasteiger partial charge in [-0.25, -0.2) is 8.42 Å². The molecule has 2 aliphatic rings. The lowest BCUT2D eigenvalue weighted by atomic mass is 9.77. The summed E-state index contributed by atoms with van der Waals surface area (Å²) in [6.45, 7) is 2.11. The molecule has 3 aromatic rings. The Balaban J connectivity index is 1.50. The van der Waals surface area contributed by atoms with Gasteiger partial charge >= 0.3 is 0 Å². The van der Waals surface area contributed by atoms with Crippen LogP contribution in [0.25, 0.3) is 0 Å². The quantitative estimate of drug-likeness (QED) is 0.543. The van der Waals surface area contributed by atoms with E-state index < -0.39 is 10.0 Å². The van der Waals surface area contributed by atoms with Crippen LogP contribution in [0, 0.1) is 12.8 Å². The molecule has 3 atom stereocenters. The van der Waals surface area contributed by atoms with E-state index in [4.69, 9.17) is 0 Å². The van der Waals surface area contributed by atoms with Crippen LogP contribution in [-0.2, 0) is 10.0 Å². The monoisotopic (exact) mass is 416 g/mol. The highest BCUT2D eigenvalue weighted by molar-refractivity contribution is 7.92. The lowest BCUT2D eigenvalue weighted by molar-refractivity contribution is 0.425. The Bertz CT molecular complexity index is 1220. The molecular weight excluding hydrogens is 392 g/mol. The van der Waals surface area contributed by atoms with E-state index in [1.54, 1.807) is 18.2 Å². The molecule has 4 nitrogen and oxygen atoms in total. The second-order valence-corrected chi connectivity index (χ2v) is 9.79. The van der Waals surface area contributed by atoms with Gasteiger partial charge < -0.3 is 5.32 Å². The van der Waals surface area contributed by atoms with Gasteiger partial charge in [-0.2, -0.15) is 0 Å². The molecule has 0 amide bonds. The van der Waals surface area contributed by atoms with Crippen molar-refractivity contribution in [3.05, 3.63) is 102 Å². The Hall–Kier alpha value is -3.05. The number of nitrogens with one attached hydrogen (secondary N) is 2. The third kappa shape index (κ3) is 3.39. The minimum Gasteiger partial charge on any atom is -0.378 e. The summed E-state index contributed by atoms with van der Waals surface area (Å²) in [6, 6.07) is 23.2. The predicted molar refractivity (Wildman–Crippen MR) is 121 cm³/mol. The molecule has 5 rings (SSSR count). The first kappa shape index (κ1) is 18.9. The minimum absolute atomic E-state index is 0.207. The number of rotatable bonds is 4. The van der Waals surface area contributed by atoms with Crippen LogP contribution in [-0.4, -0.2) is 8.42 Å². The van der Waals surface area contributed by atoms with Crippen LogP contribution in [0.2, 0.25) is 0 Å². The molecule has 0 saturated heterocycles. The normalized spacial score (nSPS) is 22.1. The Morgan fingerprint density at radius 1 is 0.967 bits per heavy atom. The number of aryl methyl sites for hydroxylation is 1. The van der Waals surface area contributed by atoms with Crippen LogP contribution in [0.5, 0.6) is 0 Å². The number of fused-ring (bicyclic) bond motifs is 3. The van der Waals surface area contributed by atoms with Gasteiger partial charge in [0.1, 0.15) is 0 Å². The van der Waals surface area contributed by atoms with Crippen molar-refractivity contribution in [1.29, 1.82) is 0 Å². The Kier molecular flexibility index (Phi) is 4.63. The van der Waals surface area contributed by atoms with E-state index in [1.807, 2.05) is 30.3 Å². The van der Waals surface area contributed by atoms with Gasteiger partial charge in [-0.15, -0.1) is 0 Å². The molecular formula is C25H24N2O2S. The van der Waals surface area contributed by atoms with Crippen molar-refractivity contribution in [2.24, 2.45) is 5.92 Å². The number of benzene rings is 3. The van der Waals surface area contributed by atoms with Crippen LogP contribution in [0.3, 0.4) is 0 Å². The summed E-state index contributed by atoms with van der Waals surface area (Å²) in [6.07, 6.45) is 5.43. The molecule has 1 aliphatic heterocycles. The lowest BCUT2D eigenvalue weighted by Crippen LogP contribution is -2.29. The molecule has 1 heterocycles. The summed E-state index contributed by atoms with van der Waals surface area (Å²) in [5.74, 6) is 0.581. The highest BCUT2D eigenvalue weighted by Gasteiger charge is 2.38. The number of hydrogen-bond acceptors (Lipinski definition) is 3. The van der Waals surface area contributed by atoms with E-state index >= 15 is 0 Å². The van der Waals surface area contributed by atoms with Crippen molar-refractivity contribution in [3.63, 3.8) is 0 Å². The first-order chi connectivity index (χ1) is 14.5. The average Bonchev–Trinajstić information content (AvgIpc) is 3.23. The second-order valence-electron chi connectivity index (χ2n) is 8.11. The molecule has 30 heavy (non-hydrogen) atoms. The summed E-state index contributed by atoms with van der Waals surface area (Å²) in [5, 5.41) is 3.69. The molecule has 2 unspecified atom stereocenters. The maximum atomic E-state index is 13.0. The van der Waals surface area contributed by atoms with Gasteiger partial charge in [0.25, 0.3) is 10.0 Å². The molecule has 0 radical (unpaired) electrons. The van der Waals surface area contributed by atoms with Gasteiger partial charge in [0, 0.05) is 17.3 Å². The van der Waals surface area contributed by atoms with Crippen LogP contribution in [0.15, 0.2) is 89.8 Å². The van der Waals surface area contributed by atoms with Crippen molar-refractivity contribution in [1.82, 2.24) is 0 Å². The van der Waals surface area contributed by atoms with E-state index in [-0.39, 0.29) is 12.0 Å². The van der Waals surface area contributed by atoms with Crippen molar-refractivity contribution in [2.75, 3.05) is 10.0 Å². The SMILES string of the molecule is Cc1cccc([C@@H]2Nc3ccc(S(=O)(=O)Nc4ccccc4)cc3C3C=CCC32)c1. The zero-order valence-electron chi connectivity index (χ0n) is 16.7. The van der Waals surface area contributed by atoms with Gasteiger partial charge in [0.05, 0.1) is 10.9 Å². The molecule has 0 bridgehead atoms. The van der Waals surface area contributed by atoms with E-state index in [0.717, 1.165) is 17.7 Å². The molecule has 0 spiro atoms. The second kappa shape index (κ2) is 7.33. The summed E-state index contributed by atoms with van der Waals surface area (Å²) in [7, 11) is -3.65. The van der Waals surface area contributed by atoms with Crippen LogP contribution < -0.4 is 10.0 Å². The van der Waals surface area contributed by atoms with Crippen molar-refractivity contribution >= 4 is 21.4 Å². The minimum atomic E-state index is -3.65. The lowest BCUT2D eigenvalue weighted by Gasteiger charge is -2.37. The van der Waals surface area contributed by atoms with Gasteiger partial charge in [-0.3, -0.25) is 4.72 Å². The smallest absolute Gasteiger partial charge is 0.261 e. The third-order valence-electron chi connectivity index (χ3n) is 6.07. The zero-order valence-corrected chi connectivity index (χ0v) is 17.6. The molecule has 0 fully saturated rings. The van der Waals surface area contributed by atoms with Gasteiger partial charge in [-0.05, 0) is 60.7 Å². The van der Waals surface area contributed by atoms with Crippen LogP contribution in [0.4, 0.5) is 11.4 Å². The molecule has 152 valence electrons. The Labute approximate surface area is 177 Å². The van der Waals surface area contributed by atoms with Crippen LogP contribution in [0.1, 0.15) is 35.1 Å². The standard InChI is InChI=1S/C25H24N2O2S/c1-17-7-5-8-18(15-17)25-22-12-6-11-21(22)23-16-20(13-14-24(23)26-25)30(28,29)27-19-9-3-2-4-10-19/h2-11,13-16,21-22,25-27H,12H2,1H3/t21?,22?,25-/m0/s1. The van der Waals surface area contributed by atoms with E-state index in [2.05, 4.69) is 53.4 Å². The highest BCUT2D eigenvalue weighted by atomic mass is 32.2. The number of para-hydroxylation sites is 1. The van der Waals surface area contributed by atoms with Gasteiger partial charge in [0.2, 0.25) is 0 Å². The first-order valence-electron chi connectivity index (χ1n) is 10.2. The van der Waals surface area contributed by atoms with E-state index in [0.29, 0.717) is 16.5 Å². The molecule has 5 heteroatoms. The van der Waals surface area contributed by atoms with Crippen molar-refractivity contribution in [3.8, 4) is 0 Å². The first-order valence-corrected chi connectivity index (χ1v) is 11.7. The molecule has 2 N–H and O–H groups in total. The van der Waals surface area contributed by atoms with Crippen LogP contribution >= 0.6 is 0 Å². The number of anilines is 2. The third-order valence-corrected chi connectivity index (χ3v) is 7.45. The number of allylic oxidation sites excluding steroid dienone is 2. The van der Waals surface area contributed by atoms with Crippen molar-refractivity contribution in [2.45, 2.75) is 30.2 Å². The van der Waals surface area contributed by atoms with E-state index in [9.17, 15) is 8.42 Å². The fourth-order valence-corrected chi connectivity index (χ4v) is 5.75. The largest absolute Gasteiger partial charge is 0.378 e. The van der Waals surface area contributed by atoms with Crippen molar-refractivity contribution < 1.29 is 8.42 Å². The van der Waals surface area contributed by atoms with E-state index in [1.165, 1.54) is 11.1 Å². The summed E-state index contributed by atoms with van der Waals surface area (Å²) in [4.78, 5) is 0.292. The maximum absolute atomic E-state index is 13.0. The maximum Gasteiger partial charge on any atom is 0.261 e. The zero-order chi connectivity index (χ0) is 20.7. The summed E-state index contributed by atoms with van der Waals surface area (Å²) < 4.78 is 28.6. The van der Waals surface area contributed by atoms with Gasteiger partial charge in [-0.1, -0.05) is 60.2 Å².